The number of rotatable bonds is 10. The summed E-state index contributed by atoms with van der Waals surface area (Å²) in [6.45, 7) is 9.82. The van der Waals surface area contributed by atoms with Crippen LogP contribution in [0, 0.1) is 5.92 Å². The van der Waals surface area contributed by atoms with E-state index < -0.39 is 0 Å². The summed E-state index contributed by atoms with van der Waals surface area (Å²) in [5.41, 5.74) is 0. The van der Waals surface area contributed by atoms with Gasteiger partial charge in [0.2, 0.25) is 0 Å². The Kier molecular flexibility index (Phi) is 11.1. The van der Waals surface area contributed by atoms with Crippen molar-refractivity contribution >= 4 is 5.96 Å². The number of methoxy groups -OCH3 is 1. The number of aliphatic imine (C=N–C) groups is 1. The standard InChI is InChI=1S/C16H33N3O3/c1-4-17-16(19-14(2)12-20-3)18-8-5-9-22-13-15-6-10-21-11-7-15/h14-15H,4-13H2,1-3H3,(H2,17,18,19). The summed E-state index contributed by atoms with van der Waals surface area (Å²) in [7, 11) is 1.71. The summed E-state index contributed by atoms with van der Waals surface area (Å²) >= 11 is 0. The van der Waals surface area contributed by atoms with Gasteiger partial charge >= 0.3 is 0 Å². The first-order valence-corrected chi connectivity index (χ1v) is 8.45. The Morgan fingerprint density at radius 1 is 1.36 bits per heavy atom. The molecule has 130 valence electrons. The minimum absolute atomic E-state index is 0.243. The van der Waals surface area contributed by atoms with Crippen LogP contribution in [-0.2, 0) is 14.2 Å². The fraction of sp³-hybridized carbons (Fsp3) is 0.938. The molecule has 0 amide bonds. The van der Waals surface area contributed by atoms with Gasteiger partial charge in [-0.2, -0.15) is 0 Å². The average Bonchev–Trinajstić information content (AvgIpc) is 2.52. The summed E-state index contributed by atoms with van der Waals surface area (Å²) in [6.07, 6.45) is 3.20. The van der Waals surface area contributed by atoms with Crippen LogP contribution in [0.3, 0.4) is 0 Å². The van der Waals surface area contributed by atoms with Crippen LogP contribution >= 0.6 is 0 Å². The normalized spacial score (nSPS) is 18.2. The average molecular weight is 315 g/mol. The molecule has 1 rings (SSSR count). The lowest BCUT2D eigenvalue weighted by Crippen LogP contribution is -2.44. The van der Waals surface area contributed by atoms with Crippen molar-refractivity contribution in [1.29, 1.82) is 0 Å². The zero-order valence-electron chi connectivity index (χ0n) is 14.4. The minimum Gasteiger partial charge on any atom is -0.383 e. The zero-order chi connectivity index (χ0) is 16.0. The summed E-state index contributed by atoms with van der Waals surface area (Å²) in [4.78, 5) is 4.56. The Labute approximate surface area is 135 Å². The Morgan fingerprint density at radius 2 is 2.14 bits per heavy atom. The number of nitrogens with zero attached hydrogens (tertiary/aromatic N) is 1. The fourth-order valence-corrected chi connectivity index (χ4v) is 2.37. The van der Waals surface area contributed by atoms with Crippen molar-refractivity contribution in [3.63, 3.8) is 0 Å². The van der Waals surface area contributed by atoms with Gasteiger partial charge in [-0.15, -0.1) is 0 Å². The third-order valence-corrected chi connectivity index (χ3v) is 3.56. The van der Waals surface area contributed by atoms with E-state index >= 15 is 0 Å². The van der Waals surface area contributed by atoms with Crippen LogP contribution in [0.4, 0.5) is 0 Å². The molecule has 22 heavy (non-hydrogen) atoms. The molecule has 0 radical (unpaired) electrons. The van der Waals surface area contributed by atoms with Crippen LogP contribution in [0.5, 0.6) is 0 Å². The van der Waals surface area contributed by atoms with E-state index in [0.29, 0.717) is 12.5 Å². The van der Waals surface area contributed by atoms with Gasteiger partial charge in [-0.3, -0.25) is 4.99 Å². The van der Waals surface area contributed by atoms with Gasteiger partial charge in [0.15, 0.2) is 5.96 Å². The van der Waals surface area contributed by atoms with Crippen molar-refractivity contribution in [2.45, 2.75) is 39.2 Å². The van der Waals surface area contributed by atoms with Crippen LogP contribution < -0.4 is 10.6 Å². The van der Waals surface area contributed by atoms with Crippen molar-refractivity contribution in [2.75, 3.05) is 53.2 Å². The van der Waals surface area contributed by atoms with E-state index in [2.05, 4.69) is 29.5 Å². The van der Waals surface area contributed by atoms with E-state index in [9.17, 15) is 0 Å². The van der Waals surface area contributed by atoms with Gasteiger partial charge in [0.1, 0.15) is 0 Å². The Balaban J connectivity index is 2.11. The maximum atomic E-state index is 5.75. The Morgan fingerprint density at radius 3 is 2.82 bits per heavy atom. The van der Waals surface area contributed by atoms with Crippen LogP contribution in [0.15, 0.2) is 4.99 Å². The van der Waals surface area contributed by atoms with Gasteiger partial charge in [0.05, 0.1) is 6.61 Å². The maximum absolute atomic E-state index is 5.75. The highest BCUT2D eigenvalue weighted by Crippen LogP contribution is 2.14. The quantitative estimate of drug-likeness (QED) is 0.362. The Hall–Kier alpha value is -0.850. The van der Waals surface area contributed by atoms with Crippen LogP contribution in [0.1, 0.15) is 33.1 Å². The molecule has 6 nitrogen and oxygen atoms in total. The lowest BCUT2D eigenvalue weighted by molar-refractivity contribution is 0.0205. The number of guanidine groups is 1. The molecule has 0 aromatic heterocycles. The van der Waals surface area contributed by atoms with Gasteiger partial charge in [0, 0.05) is 52.7 Å². The molecule has 1 unspecified atom stereocenters. The molecule has 0 saturated carbocycles. The van der Waals surface area contributed by atoms with Crippen molar-refractivity contribution in [3.8, 4) is 0 Å². The SMILES string of the molecule is CCNC(=NCCCOCC1CCOCC1)NC(C)COC. The summed E-state index contributed by atoms with van der Waals surface area (Å²) in [5, 5.41) is 6.56. The van der Waals surface area contributed by atoms with Crippen molar-refractivity contribution < 1.29 is 14.2 Å². The number of hydrogen-bond acceptors (Lipinski definition) is 4. The van der Waals surface area contributed by atoms with Crippen molar-refractivity contribution in [2.24, 2.45) is 10.9 Å². The summed E-state index contributed by atoms with van der Waals surface area (Å²) in [5.74, 6) is 1.52. The van der Waals surface area contributed by atoms with Gasteiger partial charge in [-0.1, -0.05) is 0 Å². The molecule has 0 aromatic rings. The molecule has 0 aliphatic carbocycles. The van der Waals surface area contributed by atoms with E-state index in [0.717, 1.165) is 64.7 Å². The van der Waals surface area contributed by atoms with E-state index in [-0.39, 0.29) is 6.04 Å². The highest BCUT2D eigenvalue weighted by atomic mass is 16.5. The molecule has 1 heterocycles. The highest BCUT2D eigenvalue weighted by molar-refractivity contribution is 5.80. The number of hydrogen-bond donors (Lipinski definition) is 2. The van der Waals surface area contributed by atoms with Crippen molar-refractivity contribution in [3.05, 3.63) is 0 Å². The van der Waals surface area contributed by atoms with E-state index in [1.54, 1.807) is 7.11 Å². The summed E-state index contributed by atoms with van der Waals surface area (Å²) in [6, 6.07) is 0.243. The molecule has 1 aliphatic rings. The molecule has 2 N–H and O–H groups in total. The topological polar surface area (TPSA) is 64.1 Å². The first kappa shape index (κ1) is 19.2. The van der Waals surface area contributed by atoms with Gasteiger partial charge in [0.25, 0.3) is 0 Å². The van der Waals surface area contributed by atoms with E-state index in [1.165, 1.54) is 0 Å². The predicted octanol–water partition coefficient (Wildman–Crippen LogP) is 1.41. The molecular weight excluding hydrogens is 282 g/mol. The lowest BCUT2D eigenvalue weighted by Gasteiger charge is -2.21. The van der Waals surface area contributed by atoms with Crippen LogP contribution in [-0.4, -0.2) is 65.2 Å². The molecule has 1 saturated heterocycles. The second-order valence-corrected chi connectivity index (χ2v) is 5.75. The summed E-state index contributed by atoms with van der Waals surface area (Å²) < 4.78 is 16.2. The fourth-order valence-electron chi connectivity index (χ4n) is 2.37. The molecule has 0 bridgehead atoms. The van der Waals surface area contributed by atoms with Crippen molar-refractivity contribution in [1.82, 2.24) is 10.6 Å². The third-order valence-electron chi connectivity index (χ3n) is 3.56. The van der Waals surface area contributed by atoms with E-state index in [1.807, 2.05) is 0 Å². The predicted molar refractivity (Wildman–Crippen MR) is 89.4 cm³/mol. The molecule has 1 fully saturated rings. The smallest absolute Gasteiger partial charge is 0.191 e. The lowest BCUT2D eigenvalue weighted by atomic mass is 10.0. The molecule has 1 aliphatic heterocycles. The number of nitrogens with one attached hydrogen (secondary N) is 2. The van der Waals surface area contributed by atoms with Gasteiger partial charge in [-0.05, 0) is 39.0 Å². The molecule has 1 atom stereocenters. The molecule has 0 aromatic carbocycles. The zero-order valence-corrected chi connectivity index (χ0v) is 14.4. The first-order chi connectivity index (χ1) is 10.8. The monoisotopic (exact) mass is 315 g/mol. The maximum Gasteiger partial charge on any atom is 0.191 e. The molecule has 0 spiro atoms. The first-order valence-electron chi connectivity index (χ1n) is 8.45. The third kappa shape index (κ3) is 9.23. The van der Waals surface area contributed by atoms with Gasteiger partial charge in [-0.25, -0.2) is 0 Å². The van der Waals surface area contributed by atoms with Gasteiger partial charge < -0.3 is 24.8 Å². The molecular formula is C16H33N3O3. The largest absolute Gasteiger partial charge is 0.383 e. The minimum atomic E-state index is 0.243. The van der Waals surface area contributed by atoms with Crippen LogP contribution in [0.25, 0.3) is 0 Å². The highest BCUT2D eigenvalue weighted by Gasteiger charge is 2.13. The Bertz CT molecular complexity index is 294. The van der Waals surface area contributed by atoms with E-state index in [4.69, 9.17) is 14.2 Å². The van der Waals surface area contributed by atoms with Crippen LogP contribution in [0.2, 0.25) is 0 Å². The number of ether oxygens (including phenoxy) is 3. The second kappa shape index (κ2) is 12.7. The molecule has 6 heteroatoms. The second-order valence-electron chi connectivity index (χ2n) is 5.75.